The van der Waals surface area contributed by atoms with E-state index >= 15 is 0 Å². The first-order valence-electron chi connectivity index (χ1n) is 7.11. The Morgan fingerprint density at radius 3 is 2.42 bits per heavy atom. The summed E-state index contributed by atoms with van der Waals surface area (Å²) in [6, 6.07) is 1.68. The van der Waals surface area contributed by atoms with Crippen LogP contribution in [-0.4, -0.2) is 16.6 Å². The summed E-state index contributed by atoms with van der Waals surface area (Å²) in [7, 11) is 0. The van der Waals surface area contributed by atoms with E-state index in [-0.39, 0.29) is 5.41 Å². The molecule has 0 fully saturated rings. The van der Waals surface area contributed by atoms with Crippen LogP contribution < -0.4 is 4.74 Å². The summed E-state index contributed by atoms with van der Waals surface area (Å²) in [5.41, 5.74) is -0.121. The Bertz CT molecular complexity index is 388. The van der Waals surface area contributed by atoms with E-state index in [9.17, 15) is 0 Å². The van der Waals surface area contributed by atoms with Gasteiger partial charge < -0.3 is 4.74 Å². The number of unbranched alkanes of at least 4 members (excludes halogenated alkanes) is 4. The third kappa shape index (κ3) is 6.24. The lowest BCUT2D eigenvalue weighted by atomic mass is 9.96. The average molecular weight is 285 g/mol. The highest BCUT2D eigenvalue weighted by Crippen LogP contribution is 2.23. The van der Waals surface area contributed by atoms with E-state index < -0.39 is 0 Å². The van der Waals surface area contributed by atoms with E-state index in [1.807, 2.05) is 0 Å². The van der Waals surface area contributed by atoms with Crippen molar-refractivity contribution in [3.8, 4) is 5.88 Å². The maximum atomic E-state index is 6.01. The van der Waals surface area contributed by atoms with Crippen molar-refractivity contribution in [3.05, 3.63) is 17.0 Å². The van der Waals surface area contributed by atoms with Gasteiger partial charge in [0.25, 0.3) is 0 Å². The second-order valence-electron chi connectivity index (χ2n) is 5.87. The fraction of sp³-hybridized carbons (Fsp3) is 0.733. The lowest BCUT2D eigenvalue weighted by molar-refractivity contribution is 0.290. The van der Waals surface area contributed by atoms with Gasteiger partial charge in [0.15, 0.2) is 0 Å². The number of halogens is 1. The Morgan fingerprint density at radius 2 is 1.79 bits per heavy atom. The second kappa shape index (κ2) is 7.68. The first-order valence-corrected chi connectivity index (χ1v) is 7.49. The first-order chi connectivity index (χ1) is 8.93. The molecule has 0 atom stereocenters. The number of hydrogen-bond acceptors (Lipinski definition) is 3. The topological polar surface area (TPSA) is 35.0 Å². The van der Waals surface area contributed by atoms with Gasteiger partial charge in [0.2, 0.25) is 5.88 Å². The molecule has 0 bridgehead atoms. The largest absolute Gasteiger partial charge is 0.478 e. The lowest BCUT2D eigenvalue weighted by Crippen LogP contribution is -2.16. The molecule has 0 aliphatic carbocycles. The third-order valence-corrected chi connectivity index (χ3v) is 3.03. The lowest BCUT2D eigenvalue weighted by Gasteiger charge is -2.17. The Hall–Kier alpha value is -0.830. The highest BCUT2D eigenvalue weighted by atomic mass is 35.5. The quantitative estimate of drug-likeness (QED) is 0.534. The van der Waals surface area contributed by atoms with Crippen molar-refractivity contribution < 1.29 is 4.74 Å². The molecule has 0 aliphatic heterocycles. The molecule has 1 aromatic rings. The fourth-order valence-corrected chi connectivity index (χ4v) is 1.86. The summed E-state index contributed by atoms with van der Waals surface area (Å²) in [5, 5.41) is 0.445. The van der Waals surface area contributed by atoms with Gasteiger partial charge in [-0.3, -0.25) is 0 Å². The zero-order chi connectivity index (χ0) is 14.3. The Balaban J connectivity index is 2.48. The fourth-order valence-electron chi connectivity index (χ4n) is 1.69. The summed E-state index contributed by atoms with van der Waals surface area (Å²) in [4.78, 5) is 8.67. The second-order valence-corrected chi connectivity index (χ2v) is 6.25. The van der Waals surface area contributed by atoms with Crippen LogP contribution in [0.4, 0.5) is 0 Å². The van der Waals surface area contributed by atoms with Crippen LogP contribution in [0, 0.1) is 0 Å². The molecule has 0 amide bonds. The molecule has 4 heteroatoms. The molecule has 3 nitrogen and oxygen atoms in total. The molecule has 0 radical (unpaired) electrons. The highest BCUT2D eigenvalue weighted by Gasteiger charge is 2.19. The predicted molar refractivity (Wildman–Crippen MR) is 80.0 cm³/mol. The number of nitrogens with zero attached hydrogens (tertiary/aromatic N) is 2. The van der Waals surface area contributed by atoms with E-state index in [0.29, 0.717) is 17.6 Å². The molecule has 1 rings (SSSR count). The number of rotatable bonds is 7. The van der Waals surface area contributed by atoms with Crippen molar-refractivity contribution in [3.63, 3.8) is 0 Å². The number of aromatic nitrogens is 2. The molecule has 0 spiro atoms. The molecule has 1 aromatic heterocycles. The Morgan fingerprint density at radius 1 is 1.11 bits per heavy atom. The summed E-state index contributed by atoms with van der Waals surface area (Å²) in [6.07, 6.45) is 6.10. The van der Waals surface area contributed by atoms with Crippen molar-refractivity contribution in [2.75, 3.05) is 6.61 Å². The first kappa shape index (κ1) is 16.2. The number of hydrogen-bond donors (Lipinski definition) is 0. The van der Waals surface area contributed by atoms with Crippen LogP contribution >= 0.6 is 11.6 Å². The Labute approximate surface area is 121 Å². The molecule has 0 aromatic carbocycles. The van der Waals surface area contributed by atoms with E-state index in [1.54, 1.807) is 6.07 Å². The average Bonchev–Trinajstić information content (AvgIpc) is 2.32. The molecular weight excluding hydrogens is 260 g/mol. The van der Waals surface area contributed by atoms with Gasteiger partial charge in [-0.1, -0.05) is 65.0 Å². The molecule has 0 saturated carbocycles. The van der Waals surface area contributed by atoms with Gasteiger partial charge in [-0.05, 0) is 6.42 Å². The van der Waals surface area contributed by atoms with Crippen LogP contribution in [-0.2, 0) is 5.41 Å². The normalized spacial score (nSPS) is 11.6. The van der Waals surface area contributed by atoms with Crippen molar-refractivity contribution in [2.24, 2.45) is 0 Å². The van der Waals surface area contributed by atoms with Crippen LogP contribution in [0.5, 0.6) is 5.88 Å². The zero-order valence-electron chi connectivity index (χ0n) is 12.5. The van der Waals surface area contributed by atoms with Gasteiger partial charge in [0.05, 0.1) is 6.61 Å². The van der Waals surface area contributed by atoms with E-state index in [4.69, 9.17) is 16.3 Å². The van der Waals surface area contributed by atoms with Gasteiger partial charge >= 0.3 is 0 Å². The summed E-state index contributed by atoms with van der Waals surface area (Å²) in [6.45, 7) is 9.10. The van der Waals surface area contributed by atoms with Gasteiger partial charge in [0.1, 0.15) is 11.0 Å². The summed E-state index contributed by atoms with van der Waals surface area (Å²) >= 11 is 6.01. The molecule has 0 aliphatic rings. The molecule has 0 unspecified atom stereocenters. The summed E-state index contributed by atoms with van der Waals surface area (Å²) in [5.74, 6) is 1.31. The zero-order valence-corrected chi connectivity index (χ0v) is 13.3. The van der Waals surface area contributed by atoms with Gasteiger partial charge in [-0.25, -0.2) is 4.98 Å². The highest BCUT2D eigenvalue weighted by molar-refractivity contribution is 6.29. The summed E-state index contributed by atoms with van der Waals surface area (Å²) < 4.78 is 5.67. The molecule has 0 N–H and O–H groups in total. The van der Waals surface area contributed by atoms with Crippen LogP contribution in [0.15, 0.2) is 6.07 Å². The van der Waals surface area contributed by atoms with Crippen LogP contribution in [0.3, 0.4) is 0 Å². The maximum Gasteiger partial charge on any atom is 0.218 e. The SMILES string of the molecule is CCCCCCCOc1cc(Cl)nc(C(C)(C)C)n1. The molecule has 1 heterocycles. The van der Waals surface area contributed by atoms with Crippen LogP contribution in [0.1, 0.15) is 65.6 Å². The monoisotopic (exact) mass is 284 g/mol. The molecule has 108 valence electrons. The van der Waals surface area contributed by atoms with Gasteiger partial charge in [0, 0.05) is 11.5 Å². The minimum Gasteiger partial charge on any atom is -0.478 e. The van der Waals surface area contributed by atoms with Crippen molar-refractivity contribution >= 4 is 11.6 Å². The van der Waals surface area contributed by atoms with Gasteiger partial charge in [-0.15, -0.1) is 0 Å². The van der Waals surface area contributed by atoms with Gasteiger partial charge in [-0.2, -0.15) is 4.98 Å². The third-order valence-electron chi connectivity index (χ3n) is 2.84. The van der Waals surface area contributed by atoms with Crippen molar-refractivity contribution in [2.45, 2.75) is 65.2 Å². The standard InChI is InChI=1S/C15H25ClN2O/c1-5-6-7-8-9-10-19-13-11-12(16)17-14(18-13)15(2,3)4/h11H,5-10H2,1-4H3. The smallest absolute Gasteiger partial charge is 0.218 e. The van der Waals surface area contributed by atoms with Crippen molar-refractivity contribution in [1.82, 2.24) is 9.97 Å². The van der Waals surface area contributed by atoms with Crippen molar-refractivity contribution in [1.29, 1.82) is 0 Å². The molecule has 19 heavy (non-hydrogen) atoms. The number of ether oxygens (including phenoxy) is 1. The Kier molecular flexibility index (Phi) is 6.56. The minimum atomic E-state index is -0.121. The maximum absolute atomic E-state index is 6.01. The molecule has 0 saturated heterocycles. The minimum absolute atomic E-state index is 0.121. The van der Waals surface area contributed by atoms with E-state index in [1.165, 1.54) is 25.7 Å². The van der Waals surface area contributed by atoms with Crippen LogP contribution in [0.25, 0.3) is 0 Å². The van der Waals surface area contributed by atoms with Crippen LogP contribution in [0.2, 0.25) is 5.15 Å². The predicted octanol–water partition coefficient (Wildman–Crippen LogP) is 4.78. The molecular formula is C15H25ClN2O. The van der Waals surface area contributed by atoms with E-state index in [0.717, 1.165) is 12.2 Å². The van der Waals surface area contributed by atoms with E-state index in [2.05, 4.69) is 37.7 Å².